The Bertz CT molecular complexity index is 2930. The van der Waals surface area contributed by atoms with Gasteiger partial charge in [0.05, 0.1) is 53.4 Å². The number of amides is 1. The number of nitrogens with zero attached hydrogens (tertiary/aromatic N) is 6. The Kier molecular flexibility index (Phi) is 11.1. The summed E-state index contributed by atoms with van der Waals surface area (Å²) in [5.74, 6) is 0.140. The Morgan fingerprint density at radius 1 is 0.967 bits per heavy atom. The van der Waals surface area contributed by atoms with Gasteiger partial charge in [0.2, 0.25) is 0 Å². The van der Waals surface area contributed by atoms with Crippen LogP contribution in [0.2, 0.25) is 10.0 Å². The van der Waals surface area contributed by atoms with Gasteiger partial charge in [0.15, 0.2) is 0 Å². The monoisotopic (exact) mass is 856 g/mol. The van der Waals surface area contributed by atoms with Gasteiger partial charge in [0, 0.05) is 58.4 Å². The molecule has 4 aromatic heterocycles. The average Bonchev–Trinajstić information content (AvgIpc) is 3.84. The highest BCUT2D eigenvalue weighted by Gasteiger charge is 2.38. The number of carbonyl (C=O) groups excluding carboxylic acids is 2. The first-order valence-corrected chi connectivity index (χ1v) is 21.2. The number of hydrogen-bond acceptors (Lipinski definition) is 6. The molecule has 0 saturated carbocycles. The van der Waals surface area contributed by atoms with Gasteiger partial charge < -0.3 is 23.5 Å². The zero-order chi connectivity index (χ0) is 43.6. The molecular formula is C49H50Cl2N6O4. The molecular weight excluding hydrogens is 807 g/mol. The normalized spacial score (nSPS) is 14.0. The van der Waals surface area contributed by atoms with Crippen molar-refractivity contribution in [2.45, 2.75) is 73.9 Å². The lowest BCUT2D eigenvalue weighted by Crippen LogP contribution is -2.43. The molecule has 3 aromatic carbocycles. The van der Waals surface area contributed by atoms with E-state index in [0.29, 0.717) is 48.1 Å². The van der Waals surface area contributed by atoms with Crippen molar-refractivity contribution in [2.24, 2.45) is 7.05 Å². The third kappa shape index (κ3) is 7.29. The van der Waals surface area contributed by atoms with Crippen molar-refractivity contribution in [3.05, 3.63) is 134 Å². The van der Waals surface area contributed by atoms with Crippen LogP contribution in [0.1, 0.15) is 92.2 Å². The minimum atomic E-state index is -0.479. The standard InChI is InChI=1S/C49H50Cl2N6O4/c1-26(2)33-15-16-52-35(22-33)25-55-41(49(59)60-10)23-34-18-27(3)19-40(45(34)55)56-24-30(6)57-46-38(13-14-39(50)43(46)42-31(7)53-54(9)32(42)8)37(47(57)48(56)58)12-11-17-61-36-20-28(4)44(51)29(5)21-36/h13-16,18-23,30H,1,11-12,17,24-25H2,2-10H3/t30-/m1/s1. The molecule has 7 aromatic rings. The first-order valence-electron chi connectivity index (χ1n) is 20.5. The Hall–Kier alpha value is -5.84. The number of aryl methyl sites for hydroxylation is 6. The number of anilines is 1. The van der Waals surface area contributed by atoms with Crippen LogP contribution in [-0.2, 0) is 24.8 Å². The van der Waals surface area contributed by atoms with E-state index in [1.165, 1.54) is 7.11 Å². The molecule has 0 spiro atoms. The lowest BCUT2D eigenvalue weighted by atomic mass is 9.98. The van der Waals surface area contributed by atoms with Crippen LogP contribution >= 0.6 is 23.2 Å². The molecule has 0 unspecified atom stereocenters. The van der Waals surface area contributed by atoms with E-state index in [2.05, 4.69) is 23.1 Å². The Labute approximate surface area is 366 Å². The molecule has 5 heterocycles. The number of hydrogen-bond donors (Lipinski definition) is 0. The van der Waals surface area contributed by atoms with Gasteiger partial charge in [-0.1, -0.05) is 41.4 Å². The van der Waals surface area contributed by atoms with E-state index in [9.17, 15) is 4.79 Å². The van der Waals surface area contributed by atoms with Gasteiger partial charge in [0.1, 0.15) is 17.1 Å². The number of carbonyl (C=O) groups is 2. The van der Waals surface area contributed by atoms with Crippen LogP contribution in [0.5, 0.6) is 5.75 Å². The van der Waals surface area contributed by atoms with E-state index >= 15 is 4.79 Å². The molecule has 0 saturated heterocycles. The number of ether oxygens (including phenoxy) is 2. The molecule has 61 heavy (non-hydrogen) atoms. The number of esters is 1. The van der Waals surface area contributed by atoms with Crippen LogP contribution in [0.25, 0.3) is 38.5 Å². The summed E-state index contributed by atoms with van der Waals surface area (Å²) < 4.78 is 17.6. The van der Waals surface area contributed by atoms with Gasteiger partial charge in [-0.15, -0.1) is 0 Å². The second-order valence-electron chi connectivity index (χ2n) is 16.4. The third-order valence-electron chi connectivity index (χ3n) is 12.0. The minimum Gasteiger partial charge on any atom is -0.494 e. The minimum absolute atomic E-state index is 0.141. The van der Waals surface area contributed by atoms with Crippen LogP contribution in [0.4, 0.5) is 5.69 Å². The van der Waals surface area contributed by atoms with Gasteiger partial charge in [-0.05, 0) is 138 Å². The van der Waals surface area contributed by atoms with Gasteiger partial charge in [0.25, 0.3) is 5.91 Å². The number of benzene rings is 3. The highest BCUT2D eigenvalue weighted by molar-refractivity contribution is 6.35. The fraction of sp³-hybridized carbons (Fsp3) is 0.306. The maximum atomic E-state index is 15.6. The summed E-state index contributed by atoms with van der Waals surface area (Å²) in [7, 11) is 3.31. The Morgan fingerprint density at radius 3 is 2.38 bits per heavy atom. The van der Waals surface area contributed by atoms with Crippen LogP contribution < -0.4 is 9.64 Å². The number of aromatic nitrogens is 5. The van der Waals surface area contributed by atoms with E-state index in [1.807, 2.05) is 117 Å². The molecule has 1 aliphatic heterocycles. The first-order chi connectivity index (χ1) is 29.1. The van der Waals surface area contributed by atoms with Crippen molar-refractivity contribution in [3.8, 4) is 16.9 Å². The largest absolute Gasteiger partial charge is 0.494 e. The molecule has 1 atom stereocenters. The summed E-state index contributed by atoms with van der Waals surface area (Å²) in [5, 5.41) is 7.87. The van der Waals surface area contributed by atoms with E-state index in [0.717, 1.165) is 94.2 Å². The SMILES string of the molecule is C=C(C)c1ccnc(Cn2c(C(=O)OC)cc3cc(C)cc(N4C[C@@H](C)n5c(c(CCCOc6cc(C)c(Cl)c(C)c6)c6ccc(Cl)c(-c7c(C)nn(C)c7C)c65)C4=O)c32)c1. The van der Waals surface area contributed by atoms with Crippen molar-refractivity contribution < 1.29 is 19.1 Å². The smallest absolute Gasteiger partial charge is 0.354 e. The summed E-state index contributed by atoms with van der Waals surface area (Å²) >= 11 is 13.6. The molecule has 0 radical (unpaired) electrons. The summed E-state index contributed by atoms with van der Waals surface area (Å²) in [5.41, 5.74) is 13.4. The predicted molar refractivity (Wildman–Crippen MR) is 246 cm³/mol. The van der Waals surface area contributed by atoms with Gasteiger partial charge >= 0.3 is 5.97 Å². The summed E-state index contributed by atoms with van der Waals surface area (Å²) in [4.78, 5) is 35.6. The van der Waals surface area contributed by atoms with E-state index in [4.69, 9.17) is 37.8 Å². The predicted octanol–water partition coefficient (Wildman–Crippen LogP) is 11.3. The lowest BCUT2D eigenvalue weighted by Gasteiger charge is -2.35. The van der Waals surface area contributed by atoms with E-state index in [-0.39, 0.29) is 18.5 Å². The van der Waals surface area contributed by atoms with Crippen LogP contribution in [-0.4, -0.2) is 56.0 Å². The molecule has 0 fully saturated rings. The van der Waals surface area contributed by atoms with Gasteiger partial charge in [-0.2, -0.15) is 5.10 Å². The fourth-order valence-corrected chi connectivity index (χ4v) is 9.47. The summed E-state index contributed by atoms with van der Waals surface area (Å²) in [6.45, 7) is 19.3. The van der Waals surface area contributed by atoms with Crippen molar-refractivity contribution >= 4 is 68.1 Å². The molecule has 1 aliphatic rings. The maximum absolute atomic E-state index is 15.6. The highest BCUT2D eigenvalue weighted by Crippen LogP contribution is 2.46. The van der Waals surface area contributed by atoms with Gasteiger partial charge in [-0.3, -0.25) is 14.5 Å². The number of fused-ring (bicyclic) bond motifs is 4. The number of rotatable bonds is 11. The topological polar surface area (TPSA) is 96.4 Å². The van der Waals surface area contributed by atoms with Crippen molar-refractivity contribution in [1.82, 2.24) is 23.9 Å². The number of pyridine rings is 1. The van der Waals surface area contributed by atoms with Crippen LogP contribution in [0.3, 0.4) is 0 Å². The summed E-state index contributed by atoms with van der Waals surface area (Å²) in [6.07, 6.45) is 2.97. The van der Waals surface area contributed by atoms with E-state index < -0.39 is 5.97 Å². The quantitative estimate of drug-likeness (QED) is 0.0949. The lowest BCUT2D eigenvalue weighted by molar-refractivity contribution is 0.0589. The zero-order valence-corrected chi connectivity index (χ0v) is 37.7. The second-order valence-corrected chi connectivity index (χ2v) is 17.2. The molecule has 8 rings (SSSR count). The van der Waals surface area contributed by atoms with Crippen molar-refractivity contribution in [2.75, 3.05) is 25.2 Å². The number of methoxy groups -OCH3 is 1. The molecule has 0 aliphatic carbocycles. The fourth-order valence-electron chi connectivity index (χ4n) is 9.11. The first kappa shape index (κ1) is 41.9. The van der Waals surface area contributed by atoms with Crippen molar-refractivity contribution in [3.63, 3.8) is 0 Å². The third-order valence-corrected chi connectivity index (χ3v) is 12.9. The Balaban J connectivity index is 1.30. The molecule has 1 amide bonds. The zero-order valence-electron chi connectivity index (χ0n) is 36.2. The van der Waals surface area contributed by atoms with Gasteiger partial charge in [-0.25, -0.2) is 4.79 Å². The Morgan fingerprint density at radius 2 is 1.70 bits per heavy atom. The average molecular weight is 858 g/mol. The molecule has 12 heteroatoms. The second kappa shape index (κ2) is 16.2. The number of allylic oxidation sites excluding steroid dienone is 1. The van der Waals surface area contributed by atoms with Crippen molar-refractivity contribution in [1.29, 1.82) is 0 Å². The summed E-state index contributed by atoms with van der Waals surface area (Å²) in [6, 6.07) is 17.5. The highest BCUT2D eigenvalue weighted by atomic mass is 35.5. The van der Waals surface area contributed by atoms with E-state index in [1.54, 1.807) is 6.20 Å². The molecule has 10 nitrogen and oxygen atoms in total. The molecule has 314 valence electrons. The van der Waals surface area contributed by atoms with Crippen LogP contribution in [0, 0.1) is 34.6 Å². The maximum Gasteiger partial charge on any atom is 0.354 e. The molecule has 0 bridgehead atoms. The number of halogens is 2. The van der Waals surface area contributed by atoms with Crippen LogP contribution in [0.15, 0.2) is 67.4 Å². The molecule has 0 N–H and O–H groups in total.